The second-order valence-corrected chi connectivity index (χ2v) is 11.4. The van der Waals surface area contributed by atoms with Gasteiger partial charge in [0.2, 0.25) is 11.8 Å². The van der Waals surface area contributed by atoms with Crippen molar-refractivity contribution in [3.05, 3.63) is 45.9 Å². The molecule has 10 heteroatoms. The van der Waals surface area contributed by atoms with E-state index in [0.717, 1.165) is 40.7 Å². The molecule has 1 aliphatic carbocycles. The fraction of sp³-hybridized carbons (Fsp3) is 0.500. The van der Waals surface area contributed by atoms with Crippen LogP contribution in [-0.4, -0.2) is 50.0 Å². The van der Waals surface area contributed by atoms with E-state index >= 15 is 0 Å². The molecule has 9 nitrogen and oxygen atoms in total. The van der Waals surface area contributed by atoms with Crippen molar-refractivity contribution in [1.29, 1.82) is 0 Å². The van der Waals surface area contributed by atoms with E-state index in [9.17, 15) is 4.79 Å². The minimum atomic E-state index is -0.625. The number of aromatic nitrogens is 5. The third kappa shape index (κ3) is 4.73. The number of halogens is 1. The standard InChI is InChI=1S/C28H33ClN6O3/c1-16-7-9-19(10-8-16)13-34-25-22(31-27(34)35-17(2)14-37-15-18(35)3)12-23(26-32-28(36)38-33-26)30-24(25)20-5-4-6-21(29)11-20/h4-6,11-12,16-19H,7-10,13-15H2,1-3H3,(H,32,33,36)/t16?,17-,18-,19?/m1/s1. The highest BCUT2D eigenvalue weighted by atomic mass is 35.5. The number of fused-ring (bicyclic) bond motifs is 1. The van der Waals surface area contributed by atoms with E-state index in [4.69, 9.17) is 30.8 Å². The van der Waals surface area contributed by atoms with E-state index in [1.165, 1.54) is 25.7 Å². The first-order chi connectivity index (χ1) is 18.4. The fourth-order valence-electron chi connectivity index (χ4n) is 5.98. The van der Waals surface area contributed by atoms with Crippen molar-refractivity contribution in [2.45, 2.75) is 65.1 Å². The molecule has 0 spiro atoms. The van der Waals surface area contributed by atoms with Crippen molar-refractivity contribution < 1.29 is 9.26 Å². The smallest absolute Gasteiger partial charge is 0.377 e. The normalized spacial score (nSPS) is 24.3. The first-order valence-electron chi connectivity index (χ1n) is 13.5. The van der Waals surface area contributed by atoms with Gasteiger partial charge in [-0.25, -0.2) is 14.8 Å². The highest BCUT2D eigenvalue weighted by Gasteiger charge is 2.32. The highest BCUT2D eigenvalue weighted by molar-refractivity contribution is 6.30. The van der Waals surface area contributed by atoms with Gasteiger partial charge in [0.15, 0.2) is 0 Å². The number of imidazole rings is 1. The van der Waals surface area contributed by atoms with Gasteiger partial charge < -0.3 is 14.2 Å². The van der Waals surface area contributed by atoms with Gasteiger partial charge in [-0.3, -0.25) is 9.51 Å². The van der Waals surface area contributed by atoms with Crippen LogP contribution in [0.25, 0.3) is 33.8 Å². The Morgan fingerprint density at radius 1 is 1.05 bits per heavy atom. The van der Waals surface area contributed by atoms with Crippen LogP contribution in [0.1, 0.15) is 46.5 Å². The quantitative estimate of drug-likeness (QED) is 0.357. The number of hydrogen-bond acceptors (Lipinski definition) is 7. The minimum Gasteiger partial charge on any atom is -0.377 e. The Morgan fingerprint density at radius 2 is 1.82 bits per heavy atom. The average molecular weight is 537 g/mol. The lowest BCUT2D eigenvalue weighted by Crippen LogP contribution is -2.51. The summed E-state index contributed by atoms with van der Waals surface area (Å²) in [6.07, 6.45) is 4.90. The average Bonchev–Trinajstić information content (AvgIpc) is 3.48. The summed E-state index contributed by atoms with van der Waals surface area (Å²) in [6.45, 7) is 8.89. The first-order valence-corrected chi connectivity index (χ1v) is 13.8. The second-order valence-electron chi connectivity index (χ2n) is 11.0. The predicted octanol–water partition coefficient (Wildman–Crippen LogP) is 5.53. The molecule has 1 aliphatic heterocycles. The molecule has 2 atom stereocenters. The van der Waals surface area contributed by atoms with Crippen LogP contribution in [-0.2, 0) is 11.3 Å². The molecule has 3 aromatic heterocycles. The highest BCUT2D eigenvalue weighted by Crippen LogP contribution is 2.38. The number of nitrogens with zero attached hydrogens (tertiary/aromatic N) is 5. The van der Waals surface area contributed by atoms with Crippen LogP contribution in [0.15, 0.2) is 39.6 Å². The summed E-state index contributed by atoms with van der Waals surface area (Å²) in [5.74, 6) is 1.91. The molecule has 1 saturated carbocycles. The van der Waals surface area contributed by atoms with Crippen molar-refractivity contribution in [3.63, 3.8) is 0 Å². The number of benzene rings is 1. The Balaban J connectivity index is 1.59. The van der Waals surface area contributed by atoms with Gasteiger partial charge in [-0.05, 0) is 56.7 Å². The molecule has 2 aliphatic rings. The van der Waals surface area contributed by atoms with Crippen molar-refractivity contribution in [1.82, 2.24) is 24.7 Å². The topological polar surface area (TPSA) is 102 Å². The minimum absolute atomic E-state index is 0.176. The molecule has 38 heavy (non-hydrogen) atoms. The third-order valence-electron chi connectivity index (χ3n) is 7.96. The van der Waals surface area contributed by atoms with Crippen molar-refractivity contribution in [2.24, 2.45) is 11.8 Å². The number of pyridine rings is 1. The number of aromatic amines is 1. The van der Waals surface area contributed by atoms with Gasteiger partial charge in [-0.15, -0.1) is 0 Å². The predicted molar refractivity (Wildman–Crippen MR) is 147 cm³/mol. The Labute approximate surface area is 226 Å². The molecule has 4 aromatic rings. The number of ether oxygens (including phenoxy) is 1. The molecule has 200 valence electrons. The third-order valence-corrected chi connectivity index (χ3v) is 8.20. The largest absolute Gasteiger partial charge is 0.439 e. The molecule has 0 unspecified atom stereocenters. The van der Waals surface area contributed by atoms with Crippen LogP contribution >= 0.6 is 11.6 Å². The summed E-state index contributed by atoms with van der Waals surface area (Å²) in [7, 11) is 0. The van der Waals surface area contributed by atoms with E-state index in [0.29, 0.717) is 29.8 Å². The molecule has 0 amide bonds. The SMILES string of the molecule is CC1CCC(Cn2c(N3[C@H](C)COC[C@H]3C)nc3cc(-c4noc(=O)[nH]4)nc(-c4cccc(Cl)c4)c32)CC1. The number of anilines is 1. The maximum Gasteiger partial charge on any atom is 0.439 e. The summed E-state index contributed by atoms with van der Waals surface area (Å²) in [6, 6.07) is 9.93. The number of H-pyrrole nitrogens is 1. The molecule has 6 rings (SSSR count). The lowest BCUT2D eigenvalue weighted by Gasteiger charge is -2.40. The van der Waals surface area contributed by atoms with E-state index < -0.39 is 5.76 Å². The molecule has 1 saturated heterocycles. The van der Waals surface area contributed by atoms with Gasteiger partial charge >= 0.3 is 5.76 Å². The number of rotatable bonds is 5. The van der Waals surface area contributed by atoms with E-state index in [1.807, 2.05) is 30.3 Å². The van der Waals surface area contributed by atoms with Gasteiger partial charge in [-0.1, -0.05) is 48.7 Å². The van der Waals surface area contributed by atoms with Crippen LogP contribution in [0.4, 0.5) is 5.95 Å². The Hall–Kier alpha value is -3.17. The Morgan fingerprint density at radius 3 is 2.50 bits per heavy atom. The van der Waals surface area contributed by atoms with E-state index in [-0.39, 0.29) is 17.9 Å². The lowest BCUT2D eigenvalue weighted by atomic mass is 9.83. The zero-order valence-electron chi connectivity index (χ0n) is 22.0. The monoisotopic (exact) mass is 536 g/mol. The molecule has 0 bridgehead atoms. The number of nitrogens with one attached hydrogen (secondary N) is 1. The van der Waals surface area contributed by atoms with E-state index in [2.05, 4.69) is 40.4 Å². The van der Waals surface area contributed by atoms with Crippen molar-refractivity contribution >= 4 is 28.6 Å². The van der Waals surface area contributed by atoms with Gasteiger partial charge in [-0.2, -0.15) is 0 Å². The molecule has 1 aromatic carbocycles. The van der Waals surface area contributed by atoms with Gasteiger partial charge in [0.25, 0.3) is 0 Å². The second kappa shape index (κ2) is 10.2. The first kappa shape index (κ1) is 25.1. The maximum atomic E-state index is 11.7. The molecular weight excluding hydrogens is 504 g/mol. The van der Waals surface area contributed by atoms with Gasteiger partial charge in [0, 0.05) is 17.1 Å². The zero-order chi connectivity index (χ0) is 26.4. The van der Waals surface area contributed by atoms with Crippen LogP contribution in [0, 0.1) is 11.8 Å². The summed E-state index contributed by atoms with van der Waals surface area (Å²) in [5.41, 5.74) is 3.87. The summed E-state index contributed by atoms with van der Waals surface area (Å²) < 4.78 is 13.0. The zero-order valence-corrected chi connectivity index (χ0v) is 22.7. The van der Waals surface area contributed by atoms with Crippen LogP contribution < -0.4 is 10.7 Å². The summed E-state index contributed by atoms with van der Waals surface area (Å²) >= 11 is 6.43. The Bertz CT molecular complexity index is 1490. The molecule has 1 N–H and O–H groups in total. The molecule has 0 radical (unpaired) electrons. The summed E-state index contributed by atoms with van der Waals surface area (Å²) in [5, 5.41) is 4.52. The van der Waals surface area contributed by atoms with Crippen LogP contribution in [0.5, 0.6) is 0 Å². The lowest BCUT2D eigenvalue weighted by molar-refractivity contribution is 0.0741. The summed E-state index contributed by atoms with van der Waals surface area (Å²) in [4.78, 5) is 27.0. The molecular formula is C28H33ClN6O3. The number of morpholine rings is 1. The maximum absolute atomic E-state index is 11.7. The molecule has 4 heterocycles. The van der Waals surface area contributed by atoms with Gasteiger partial charge in [0.05, 0.1) is 42.0 Å². The van der Waals surface area contributed by atoms with E-state index in [1.54, 1.807) is 0 Å². The van der Waals surface area contributed by atoms with Crippen LogP contribution in [0.3, 0.4) is 0 Å². The number of hydrogen-bond donors (Lipinski definition) is 1. The van der Waals surface area contributed by atoms with Gasteiger partial charge in [0.1, 0.15) is 5.69 Å². The Kier molecular flexibility index (Phi) is 6.74. The van der Waals surface area contributed by atoms with Crippen molar-refractivity contribution in [2.75, 3.05) is 18.1 Å². The van der Waals surface area contributed by atoms with Crippen LogP contribution in [0.2, 0.25) is 5.02 Å². The fourth-order valence-corrected chi connectivity index (χ4v) is 6.17. The van der Waals surface area contributed by atoms with Crippen molar-refractivity contribution in [3.8, 4) is 22.8 Å². The molecule has 2 fully saturated rings.